The number of aromatic nitrogens is 3. The maximum atomic E-state index is 12.9. The first-order valence-corrected chi connectivity index (χ1v) is 17.0. The number of ether oxygens (including phenoxy) is 2. The maximum absolute atomic E-state index is 12.9. The number of carboxylic acid groups (broad SMARTS) is 1. The number of hydrogen-bond acceptors (Lipinski definition) is 11. The highest BCUT2D eigenvalue weighted by molar-refractivity contribution is 6.36. The smallest absolute Gasteiger partial charge is 0.422 e. The van der Waals surface area contributed by atoms with Crippen LogP contribution in [0.1, 0.15) is 68.3 Å². The Balaban J connectivity index is 0.00000627. The van der Waals surface area contributed by atoms with Gasteiger partial charge in [-0.25, -0.2) is 4.79 Å². The molecule has 1 aliphatic heterocycles. The Morgan fingerprint density at radius 1 is 0.981 bits per heavy atom. The zero-order chi connectivity index (χ0) is 37.3. The van der Waals surface area contributed by atoms with E-state index in [1.54, 1.807) is 12.1 Å². The summed E-state index contributed by atoms with van der Waals surface area (Å²) in [5.74, 6) is -3.30. The highest BCUT2D eigenvalue weighted by atomic mass is 35.5. The molecule has 53 heavy (non-hydrogen) atoms. The van der Waals surface area contributed by atoms with Crippen LogP contribution in [0.15, 0.2) is 48.5 Å². The van der Waals surface area contributed by atoms with Gasteiger partial charge in [0.2, 0.25) is 17.7 Å². The van der Waals surface area contributed by atoms with E-state index >= 15 is 0 Å². The highest BCUT2D eigenvalue weighted by Crippen LogP contribution is 2.48. The fourth-order valence-corrected chi connectivity index (χ4v) is 5.64. The lowest BCUT2D eigenvalue weighted by Crippen LogP contribution is -2.43. The minimum Gasteiger partial charge on any atom is -0.480 e. The number of alkyl halides is 3. The fourth-order valence-electron chi connectivity index (χ4n) is 5.52. The topological polar surface area (TPSA) is 194 Å². The Morgan fingerprint density at radius 2 is 1.64 bits per heavy atom. The van der Waals surface area contributed by atoms with Crippen molar-refractivity contribution in [3.8, 4) is 6.01 Å². The number of halogens is 4. The van der Waals surface area contributed by atoms with Crippen molar-refractivity contribution in [2.75, 3.05) is 37.0 Å². The van der Waals surface area contributed by atoms with Crippen molar-refractivity contribution in [1.82, 2.24) is 25.6 Å². The molecule has 2 aliphatic rings. The summed E-state index contributed by atoms with van der Waals surface area (Å²) < 4.78 is 48.9. The molecule has 5 rings (SSSR count). The van der Waals surface area contributed by atoms with Crippen LogP contribution in [0.2, 0.25) is 5.02 Å². The van der Waals surface area contributed by atoms with Gasteiger partial charge in [-0.2, -0.15) is 28.1 Å². The van der Waals surface area contributed by atoms with Crippen LogP contribution in [-0.2, 0) is 24.7 Å². The lowest BCUT2D eigenvalue weighted by molar-refractivity contribution is -0.154. The van der Waals surface area contributed by atoms with Gasteiger partial charge in [0.05, 0.1) is 5.54 Å². The summed E-state index contributed by atoms with van der Waals surface area (Å²) in [6, 6.07) is 10.9. The number of anilines is 3. The number of carbonyl (C=O) groups is 4. The van der Waals surface area contributed by atoms with Gasteiger partial charge < -0.3 is 35.8 Å². The van der Waals surface area contributed by atoms with Crippen molar-refractivity contribution < 1.29 is 46.9 Å². The van der Waals surface area contributed by atoms with E-state index in [-0.39, 0.29) is 44.3 Å². The lowest BCUT2D eigenvalue weighted by Gasteiger charge is -2.21. The number of carbonyl (C=O) groups excluding carboxylic acids is 3. The molecule has 1 atom stereocenters. The number of rotatable bonds is 17. The van der Waals surface area contributed by atoms with Gasteiger partial charge in [0.15, 0.2) is 6.61 Å². The van der Waals surface area contributed by atoms with Crippen LogP contribution < -0.4 is 26.0 Å². The number of nitrogens with one attached hydrogen (secondary N) is 4. The second-order valence-electron chi connectivity index (χ2n) is 12.5. The van der Waals surface area contributed by atoms with Gasteiger partial charge in [0, 0.05) is 42.5 Å². The Bertz CT molecular complexity index is 1740. The minimum absolute atomic E-state index is 0. The molecule has 2 amide bonds. The van der Waals surface area contributed by atoms with Gasteiger partial charge in [-0.05, 0) is 86.4 Å². The number of Topliss-reactive ketones (excluding diaryl/α,β-unsaturated/α-hetero) is 1. The summed E-state index contributed by atoms with van der Waals surface area (Å²) in [5.41, 5.74) is 0.768. The summed E-state index contributed by atoms with van der Waals surface area (Å²) in [7, 11) is 0. The predicted molar refractivity (Wildman–Crippen MR) is 188 cm³/mol. The zero-order valence-corrected chi connectivity index (χ0v) is 28.6. The molecule has 0 bridgehead atoms. The molecule has 3 aromatic rings. The molecular formula is C35H41ClF3N7O7. The monoisotopic (exact) mass is 763 g/mol. The Hall–Kier alpha value is -5.03. The van der Waals surface area contributed by atoms with Gasteiger partial charge in [-0.3, -0.25) is 14.4 Å². The van der Waals surface area contributed by atoms with Crippen LogP contribution in [0.5, 0.6) is 6.01 Å². The average Bonchev–Trinajstić information content (AvgIpc) is 3.90. The first-order chi connectivity index (χ1) is 24.8. The Morgan fingerprint density at radius 3 is 2.26 bits per heavy atom. The molecule has 0 spiro atoms. The van der Waals surface area contributed by atoms with Gasteiger partial charge in [0.25, 0.3) is 11.8 Å². The summed E-state index contributed by atoms with van der Waals surface area (Å²) in [6.07, 6.45) is -1.06. The SMILES string of the molecule is C.O=C(CCC1CCOCC1)C(=O)NCC[C@H](NC(=O)c1ccc(Nc2nc(NC3(c4ccc(Cl)cc4)CC3)nc(OCC(F)(F)F)n2)cc1)C(=O)O. The molecule has 0 unspecified atom stereocenters. The number of ketones is 1. The standard InChI is InChI=1S/C34H37ClF3N7O7.CH4/c35-23-6-4-22(5-7-23)33(14-15-33)45-31-42-30(43-32(44-31)52-19-34(36,37)38)40-24-8-2-21(3-9-24)27(47)41-25(29(49)50)11-16-39-28(48)26(46)10-1-20-12-17-51-18-13-20;/h2-9,20,25H,1,10-19H2,(H,39,48)(H,41,47)(H,49,50)(H2,40,42,43,44,45);1H4/t25-;/m0./s1. The third-order valence-corrected chi connectivity index (χ3v) is 8.83. The van der Waals surface area contributed by atoms with Crippen molar-refractivity contribution in [2.24, 2.45) is 5.92 Å². The molecule has 5 N–H and O–H groups in total. The molecule has 286 valence electrons. The predicted octanol–water partition coefficient (Wildman–Crippen LogP) is 5.41. The van der Waals surface area contributed by atoms with Gasteiger partial charge in [0.1, 0.15) is 6.04 Å². The number of benzene rings is 2. The molecule has 1 aliphatic carbocycles. The van der Waals surface area contributed by atoms with Gasteiger partial charge in [-0.15, -0.1) is 0 Å². The van der Waals surface area contributed by atoms with Crippen LogP contribution in [-0.4, -0.2) is 82.2 Å². The van der Waals surface area contributed by atoms with E-state index in [9.17, 15) is 37.5 Å². The molecule has 0 radical (unpaired) electrons. The zero-order valence-electron chi connectivity index (χ0n) is 27.8. The molecule has 1 saturated carbocycles. The van der Waals surface area contributed by atoms with E-state index in [2.05, 4.69) is 36.2 Å². The van der Waals surface area contributed by atoms with E-state index in [0.717, 1.165) is 18.4 Å². The molecule has 2 heterocycles. The summed E-state index contributed by atoms with van der Waals surface area (Å²) >= 11 is 6.02. The largest absolute Gasteiger partial charge is 0.480 e. The van der Waals surface area contributed by atoms with Crippen LogP contribution in [0.3, 0.4) is 0 Å². The van der Waals surface area contributed by atoms with Gasteiger partial charge >= 0.3 is 18.2 Å². The summed E-state index contributed by atoms with van der Waals surface area (Å²) in [6.45, 7) is -0.510. The number of amides is 2. The first-order valence-electron chi connectivity index (χ1n) is 16.6. The summed E-state index contributed by atoms with van der Waals surface area (Å²) in [5, 5.41) is 21.0. The Kier molecular flexibility index (Phi) is 13.9. The van der Waals surface area contributed by atoms with Crippen molar-refractivity contribution in [3.05, 3.63) is 64.7 Å². The normalized spacial score (nSPS) is 15.6. The number of aliphatic carboxylic acids is 1. The third-order valence-electron chi connectivity index (χ3n) is 8.58. The van der Waals surface area contributed by atoms with E-state index in [1.165, 1.54) is 24.3 Å². The number of nitrogens with zero attached hydrogens (tertiary/aromatic N) is 3. The molecule has 18 heteroatoms. The molecule has 1 saturated heterocycles. The second-order valence-corrected chi connectivity index (χ2v) is 12.9. The van der Waals surface area contributed by atoms with E-state index in [0.29, 0.717) is 49.1 Å². The molecule has 14 nitrogen and oxygen atoms in total. The quantitative estimate of drug-likeness (QED) is 0.110. The van der Waals surface area contributed by atoms with Crippen LogP contribution in [0, 0.1) is 5.92 Å². The highest BCUT2D eigenvalue weighted by Gasteiger charge is 2.45. The molecule has 2 fully saturated rings. The molecule has 1 aromatic heterocycles. The fraction of sp³-hybridized carbons (Fsp3) is 0.457. The number of hydrogen-bond donors (Lipinski definition) is 5. The Labute approximate surface area is 308 Å². The van der Waals surface area contributed by atoms with Crippen molar-refractivity contribution in [3.63, 3.8) is 0 Å². The summed E-state index contributed by atoms with van der Waals surface area (Å²) in [4.78, 5) is 61.4. The second kappa shape index (κ2) is 18.1. The number of carboxylic acids is 1. The van der Waals surface area contributed by atoms with Crippen LogP contribution >= 0.6 is 11.6 Å². The van der Waals surface area contributed by atoms with Crippen LogP contribution in [0.4, 0.5) is 30.8 Å². The van der Waals surface area contributed by atoms with E-state index in [4.69, 9.17) is 21.1 Å². The van der Waals surface area contributed by atoms with Crippen molar-refractivity contribution in [2.45, 2.75) is 70.1 Å². The molecule has 2 aromatic carbocycles. The van der Waals surface area contributed by atoms with Gasteiger partial charge in [-0.1, -0.05) is 31.2 Å². The van der Waals surface area contributed by atoms with E-state index in [1.807, 2.05) is 12.1 Å². The first kappa shape index (κ1) is 40.7. The third kappa shape index (κ3) is 12.3. The van der Waals surface area contributed by atoms with E-state index < -0.39 is 53.9 Å². The minimum atomic E-state index is -4.64. The van der Waals surface area contributed by atoms with Crippen molar-refractivity contribution >= 4 is 52.8 Å². The molecular weight excluding hydrogens is 723 g/mol. The lowest BCUT2D eigenvalue weighted by atomic mass is 9.94. The van der Waals surface area contributed by atoms with Crippen LogP contribution in [0.25, 0.3) is 0 Å². The van der Waals surface area contributed by atoms with Crippen molar-refractivity contribution in [1.29, 1.82) is 0 Å². The maximum Gasteiger partial charge on any atom is 0.422 e. The average molecular weight is 764 g/mol.